The van der Waals surface area contributed by atoms with Crippen molar-refractivity contribution in [2.45, 2.75) is 44.2 Å². The van der Waals surface area contributed by atoms with Crippen LogP contribution in [0.3, 0.4) is 0 Å². The molecule has 35 heavy (non-hydrogen) atoms. The van der Waals surface area contributed by atoms with Crippen LogP contribution in [0.2, 0.25) is 0 Å². The maximum atomic E-state index is 13.8. The highest BCUT2D eigenvalue weighted by Crippen LogP contribution is 2.35. The molecule has 3 aromatic rings. The molecule has 6 nitrogen and oxygen atoms in total. The van der Waals surface area contributed by atoms with Crippen LogP contribution in [0.1, 0.15) is 42.2 Å². The number of amides is 2. The Morgan fingerprint density at radius 1 is 1.06 bits per heavy atom. The van der Waals surface area contributed by atoms with E-state index in [-0.39, 0.29) is 24.3 Å². The van der Waals surface area contributed by atoms with Crippen molar-refractivity contribution in [3.05, 3.63) is 76.2 Å². The van der Waals surface area contributed by atoms with Gasteiger partial charge in [0, 0.05) is 16.6 Å². The Kier molecular flexibility index (Phi) is 8.02. The number of halogens is 1. The second-order valence-electron chi connectivity index (χ2n) is 8.50. The zero-order valence-electron chi connectivity index (χ0n) is 19.8. The van der Waals surface area contributed by atoms with Gasteiger partial charge in [-0.1, -0.05) is 25.0 Å². The fraction of sp³-hybridized carbons (Fsp3) is 0.333. The smallest absolute Gasteiger partial charge is 0.248 e. The van der Waals surface area contributed by atoms with Crippen LogP contribution in [0.4, 0.5) is 10.1 Å². The Hall–Kier alpha value is -3.39. The Morgan fingerprint density at radius 2 is 1.77 bits per heavy atom. The highest BCUT2D eigenvalue weighted by Gasteiger charge is 2.35. The molecule has 1 saturated carbocycles. The second kappa shape index (κ2) is 11.4. The maximum absolute atomic E-state index is 13.8. The third-order valence-corrected chi connectivity index (χ3v) is 7.09. The fourth-order valence-corrected chi connectivity index (χ4v) is 5.17. The minimum absolute atomic E-state index is 0.0626. The zero-order valence-corrected chi connectivity index (χ0v) is 20.6. The van der Waals surface area contributed by atoms with E-state index in [1.165, 1.54) is 54.7 Å². The number of anilines is 1. The van der Waals surface area contributed by atoms with Gasteiger partial charge in [-0.15, -0.1) is 11.3 Å². The Morgan fingerprint density at radius 3 is 2.40 bits per heavy atom. The Bertz CT molecular complexity index is 1140. The molecule has 2 amide bonds. The van der Waals surface area contributed by atoms with Gasteiger partial charge in [0.05, 0.1) is 20.6 Å². The lowest BCUT2D eigenvalue weighted by Crippen LogP contribution is -2.46. The highest BCUT2D eigenvalue weighted by atomic mass is 32.1. The van der Waals surface area contributed by atoms with E-state index in [1.54, 1.807) is 18.2 Å². The summed E-state index contributed by atoms with van der Waals surface area (Å²) in [6.45, 7) is 0. The number of hydrogen-bond acceptors (Lipinski definition) is 5. The number of methoxy groups -OCH3 is 2. The van der Waals surface area contributed by atoms with E-state index in [0.29, 0.717) is 22.7 Å². The van der Waals surface area contributed by atoms with E-state index in [1.807, 2.05) is 17.5 Å². The van der Waals surface area contributed by atoms with Crippen LogP contribution < -0.4 is 19.7 Å². The molecule has 2 aromatic carbocycles. The zero-order chi connectivity index (χ0) is 24.8. The molecule has 0 radical (unpaired) electrons. The van der Waals surface area contributed by atoms with Crippen LogP contribution in [-0.4, -0.2) is 32.1 Å². The average Bonchev–Trinajstić information content (AvgIpc) is 3.57. The summed E-state index contributed by atoms with van der Waals surface area (Å²) in [5.74, 6) is 0.00347. The normalized spacial score (nSPS) is 14.4. The molecule has 0 spiro atoms. The summed E-state index contributed by atoms with van der Waals surface area (Å²) in [6, 6.07) is 13.7. The third-order valence-electron chi connectivity index (χ3n) is 6.21. The number of carbonyl (C=O) groups is 2. The number of thiophene rings is 1. The summed E-state index contributed by atoms with van der Waals surface area (Å²) in [5, 5.41) is 5.05. The second-order valence-corrected chi connectivity index (χ2v) is 9.54. The van der Waals surface area contributed by atoms with E-state index in [4.69, 9.17) is 9.47 Å². The molecule has 1 atom stereocenters. The molecule has 1 heterocycles. The SMILES string of the molecule is COc1ccc([C@@H](C(=O)NC2CCCC2)N(C(=O)Cc2cccs2)c2ccc(F)cc2)cc1OC. The molecule has 1 fully saturated rings. The van der Waals surface area contributed by atoms with Gasteiger partial charge in [0.1, 0.15) is 11.9 Å². The molecular formula is C27H29FN2O4S. The minimum Gasteiger partial charge on any atom is -0.493 e. The van der Waals surface area contributed by atoms with Crippen LogP contribution in [0.25, 0.3) is 0 Å². The quantitative estimate of drug-likeness (QED) is 0.438. The van der Waals surface area contributed by atoms with Gasteiger partial charge >= 0.3 is 0 Å². The minimum atomic E-state index is -0.978. The van der Waals surface area contributed by atoms with Gasteiger partial charge in [-0.25, -0.2) is 4.39 Å². The van der Waals surface area contributed by atoms with Gasteiger partial charge in [0.2, 0.25) is 11.8 Å². The van der Waals surface area contributed by atoms with Crippen molar-refractivity contribution >= 4 is 28.8 Å². The topological polar surface area (TPSA) is 67.9 Å². The number of benzene rings is 2. The molecule has 0 unspecified atom stereocenters. The number of nitrogens with one attached hydrogen (secondary N) is 1. The standard InChI is InChI=1S/C27H29FN2O4S/c1-33-23-14-9-18(16-24(23)34-2)26(27(32)29-20-6-3-4-7-20)30(21-12-10-19(28)11-13-21)25(31)17-22-8-5-15-35-22/h5,8-16,20,26H,3-4,6-7,17H2,1-2H3,(H,29,32)/t26-/m0/s1. The first kappa shape index (κ1) is 24.7. The lowest BCUT2D eigenvalue weighted by atomic mass is 10.0. The van der Waals surface area contributed by atoms with Crippen molar-refractivity contribution < 1.29 is 23.5 Å². The van der Waals surface area contributed by atoms with Crippen LogP contribution in [-0.2, 0) is 16.0 Å². The van der Waals surface area contributed by atoms with Crippen molar-refractivity contribution in [3.63, 3.8) is 0 Å². The van der Waals surface area contributed by atoms with Gasteiger partial charge in [0.25, 0.3) is 0 Å². The molecule has 1 aromatic heterocycles. The monoisotopic (exact) mass is 496 g/mol. The number of nitrogens with zero attached hydrogens (tertiary/aromatic N) is 1. The molecule has 0 bridgehead atoms. The van der Waals surface area contributed by atoms with E-state index in [2.05, 4.69) is 5.32 Å². The molecule has 1 N–H and O–H groups in total. The molecule has 0 saturated heterocycles. The summed E-state index contributed by atoms with van der Waals surface area (Å²) in [7, 11) is 3.06. The van der Waals surface area contributed by atoms with Gasteiger partial charge in [-0.05, 0) is 66.2 Å². The first-order valence-corrected chi connectivity index (χ1v) is 12.5. The summed E-state index contributed by atoms with van der Waals surface area (Å²) < 4.78 is 24.6. The van der Waals surface area contributed by atoms with Crippen LogP contribution in [0.15, 0.2) is 60.0 Å². The summed E-state index contributed by atoms with van der Waals surface area (Å²) in [4.78, 5) is 29.9. The predicted molar refractivity (Wildman–Crippen MR) is 135 cm³/mol. The van der Waals surface area contributed by atoms with Crippen molar-refractivity contribution in [2.24, 2.45) is 0 Å². The van der Waals surface area contributed by atoms with E-state index in [9.17, 15) is 14.0 Å². The summed E-state index contributed by atoms with van der Waals surface area (Å²) >= 11 is 1.47. The van der Waals surface area contributed by atoms with Gasteiger partial charge in [-0.3, -0.25) is 14.5 Å². The molecule has 1 aliphatic rings. The molecular weight excluding hydrogens is 467 g/mol. The lowest BCUT2D eigenvalue weighted by molar-refractivity contribution is -0.127. The van der Waals surface area contributed by atoms with Gasteiger partial charge < -0.3 is 14.8 Å². The van der Waals surface area contributed by atoms with E-state index in [0.717, 1.165) is 30.6 Å². The first-order chi connectivity index (χ1) is 17.0. The molecule has 4 rings (SSSR count). The van der Waals surface area contributed by atoms with Crippen molar-refractivity contribution in [1.82, 2.24) is 5.32 Å². The summed E-state index contributed by atoms with van der Waals surface area (Å²) in [6.07, 6.45) is 4.06. The summed E-state index contributed by atoms with van der Waals surface area (Å²) in [5.41, 5.74) is 1.01. The Labute approximate surface area is 208 Å². The van der Waals surface area contributed by atoms with Crippen molar-refractivity contribution in [3.8, 4) is 11.5 Å². The van der Waals surface area contributed by atoms with Gasteiger partial charge in [0.15, 0.2) is 11.5 Å². The number of ether oxygens (including phenoxy) is 2. The largest absolute Gasteiger partial charge is 0.493 e. The predicted octanol–water partition coefficient (Wildman–Crippen LogP) is 5.28. The van der Waals surface area contributed by atoms with E-state index < -0.39 is 11.9 Å². The van der Waals surface area contributed by atoms with Gasteiger partial charge in [-0.2, -0.15) is 0 Å². The number of hydrogen-bond donors (Lipinski definition) is 1. The molecule has 0 aliphatic heterocycles. The van der Waals surface area contributed by atoms with Crippen molar-refractivity contribution in [2.75, 3.05) is 19.1 Å². The Balaban J connectivity index is 1.80. The molecule has 184 valence electrons. The highest BCUT2D eigenvalue weighted by molar-refractivity contribution is 7.10. The maximum Gasteiger partial charge on any atom is 0.248 e. The van der Waals surface area contributed by atoms with Crippen molar-refractivity contribution in [1.29, 1.82) is 0 Å². The number of rotatable bonds is 9. The molecule has 8 heteroatoms. The first-order valence-electron chi connectivity index (χ1n) is 11.6. The third kappa shape index (κ3) is 5.82. The average molecular weight is 497 g/mol. The lowest BCUT2D eigenvalue weighted by Gasteiger charge is -2.32. The van der Waals surface area contributed by atoms with Crippen LogP contribution >= 0.6 is 11.3 Å². The van der Waals surface area contributed by atoms with Crippen LogP contribution in [0, 0.1) is 5.82 Å². The van der Waals surface area contributed by atoms with Crippen LogP contribution in [0.5, 0.6) is 11.5 Å². The molecule has 1 aliphatic carbocycles. The fourth-order valence-electron chi connectivity index (χ4n) is 4.48. The number of carbonyl (C=O) groups excluding carboxylic acids is 2. The van der Waals surface area contributed by atoms with E-state index >= 15 is 0 Å².